The first kappa shape index (κ1) is 17.1. The Balaban J connectivity index is 1.52. The second-order valence-corrected chi connectivity index (χ2v) is 7.59. The van der Waals surface area contributed by atoms with Crippen LogP contribution >= 0.6 is 11.3 Å². The SMILES string of the molecule is CC(O)(CC(=O)N1CCN(Cc2cccs2)CC1)c1ccccc1. The number of aliphatic hydroxyl groups is 1. The lowest BCUT2D eigenvalue weighted by Gasteiger charge is -2.36. The topological polar surface area (TPSA) is 43.8 Å². The third kappa shape index (κ3) is 4.23. The van der Waals surface area contributed by atoms with Crippen molar-refractivity contribution in [3.05, 3.63) is 58.3 Å². The Morgan fingerprint density at radius 3 is 2.46 bits per heavy atom. The predicted octanol–water partition coefficient (Wildman–Crippen LogP) is 2.69. The number of amides is 1. The zero-order valence-electron chi connectivity index (χ0n) is 14.0. The molecule has 1 atom stereocenters. The Morgan fingerprint density at radius 2 is 1.83 bits per heavy atom. The summed E-state index contributed by atoms with van der Waals surface area (Å²) in [5, 5.41) is 12.8. The largest absolute Gasteiger partial charge is 0.385 e. The highest BCUT2D eigenvalue weighted by Gasteiger charge is 2.30. The van der Waals surface area contributed by atoms with E-state index in [1.54, 1.807) is 18.3 Å². The highest BCUT2D eigenvalue weighted by molar-refractivity contribution is 7.09. The van der Waals surface area contributed by atoms with E-state index in [-0.39, 0.29) is 12.3 Å². The molecule has 1 aliphatic heterocycles. The summed E-state index contributed by atoms with van der Waals surface area (Å²) in [5.41, 5.74) is -0.332. The van der Waals surface area contributed by atoms with E-state index in [1.165, 1.54) is 4.88 Å². The number of hydrogen-bond donors (Lipinski definition) is 1. The van der Waals surface area contributed by atoms with Gasteiger partial charge in [-0.25, -0.2) is 0 Å². The molecule has 2 aromatic rings. The minimum absolute atomic E-state index is 0.0274. The molecule has 5 heteroatoms. The van der Waals surface area contributed by atoms with E-state index in [0.29, 0.717) is 0 Å². The maximum atomic E-state index is 12.6. The van der Waals surface area contributed by atoms with E-state index in [1.807, 2.05) is 35.2 Å². The van der Waals surface area contributed by atoms with Crippen LogP contribution in [0.2, 0.25) is 0 Å². The van der Waals surface area contributed by atoms with Gasteiger partial charge in [-0.05, 0) is 23.9 Å². The fourth-order valence-corrected chi connectivity index (χ4v) is 3.83. The molecule has 1 aliphatic rings. The molecule has 0 bridgehead atoms. The van der Waals surface area contributed by atoms with Gasteiger partial charge < -0.3 is 10.0 Å². The van der Waals surface area contributed by atoms with Crippen LogP contribution in [0, 0.1) is 0 Å². The van der Waals surface area contributed by atoms with Gasteiger partial charge in [0.2, 0.25) is 5.91 Å². The zero-order chi connectivity index (χ0) is 17.0. The molecule has 1 saturated heterocycles. The van der Waals surface area contributed by atoms with Gasteiger partial charge in [0, 0.05) is 37.6 Å². The van der Waals surface area contributed by atoms with Crippen LogP contribution in [0.15, 0.2) is 47.8 Å². The highest BCUT2D eigenvalue weighted by atomic mass is 32.1. The number of nitrogens with zero attached hydrogens (tertiary/aromatic N) is 2. The van der Waals surface area contributed by atoms with Crippen molar-refractivity contribution in [1.29, 1.82) is 0 Å². The van der Waals surface area contributed by atoms with Crippen molar-refractivity contribution in [2.24, 2.45) is 0 Å². The number of thiophene rings is 1. The normalized spacial score (nSPS) is 18.3. The first-order valence-electron chi connectivity index (χ1n) is 8.35. The maximum Gasteiger partial charge on any atom is 0.225 e. The standard InChI is InChI=1S/C19H24N2O2S/c1-19(23,16-6-3-2-4-7-16)14-18(22)21-11-9-20(10-12-21)15-17-8-5-13-24-17/h2-8,13,23H,9-12,14-15H2,1H3. The molecular weight excluding hydrogens is 320 g/mol. The second kappa shape index (κ2) is 7.47. The maximum absolute atomic E-state index is 12.6. The third-order valence-electron chi connectivity index (χ3n) is 4.58. The van der Waals surface area contributed by atoms with Crippen LogP contribution in [-0.4, -0.2) is 47.0 Å². The van der Waals surface area contributed by atoms with E-state index < -0.39 is 5.60 Å². The smallest absolute Gasteiger partial charge is 0.225 e. The van der Waals surface area contributed by atoms with Gasteiger partial charge in [-0.2, -0.15) is 0 Å². The van der Waals surface area contributed by atoms with E-state index in [0.717, 1.165) is 38.3 Å². The van der Waals surface area contributed by atoms with Gasteiger partial charge in [0.1, 0.15) is 0 Å². The van der Waals surface area contributed by atoms with Gasteiger partial charge in [0.25, 0.3) is 0 Å². The molecule has 4 nitrogen and oxygen atoms in total. The van der Waals surface area contributed by atoms with Crippen LogP contribution in [-0.2, 0) is 16.9 Å². The fourth-order valence-electron chi connectivity index (χ4n) is 3.08. The first-order valence-corrected chi connectivity index (χ1v) is 9.23. The lowest BCUT2D eigenvalue weighted by molar-refractivity contribution is -0.138. The number of hydrogen-bond acceptors (Lipinski definition) is 4. The average Bonchev–Trinajstić information content (AvgIpc) is 3.09. The van der Waals surface area contributed by atoms with E-state index >= 15 is 0 Å². The molecule has 128 valence electrons. The molecule has 1 fully saturated rings. The first-order chi connectivity index (χ1) is 11.5. The monoisotopic (exact) mass is 344 g/mol. The van der Waals surface area contributed by atoms with Crippen molar-refractivity contribution < 1.29 is 9.90 Å². The van der Waals surface area contributed by atoms with Crippen LogP contribution in [0.1, 0.15) is 23.8 Å². The summed E-state index contributed by atoms with van der Waals surface area (Å²) in [7, 11) is 0. The third-order valence-corrected chi connectivity index (χ3v) is 5.44. The predicted molar refractivity (Wildman–Crippen MR) is 96.8 cm³/mol. The number of benzene rings is 1. The molecule has 0 saturated carbocycles. The minimum atomic E-state index is -1.12. The Hall–Kier alpha value is -1.69. The van der Waals surface area contributed by atoms with Crippen molar-refractivity contribution in [1.82, 2.24) is 9.80 Å². The van der Waals surface area contributed by atoms with Crippen LogP contribution in [0.25, 0.3) is 0 Å². The summed E-state index contributed by atoms with van der Waals surface area (Å²) in [6, 6.07) is 13.6. The van der Waals surface area contributed by atoms with Gasteiger partial charge in [-0.3, -0.25) is 9.69 Å². The minimum Gasteiger partial charge on any atom is -0.385 e. The number of piperazine rings is 1. The number of carbonyl (C=O) groups excluding carboxylic acids is 1. The Bertz CT molecular complexity index is 647. The molecule has 2 heterocycles. The summed E-state index contributed by atoms with van der Waals surface area (Å²) >= 11 is 1.77. The molecule has 0 aliphatic carbocycles. The second-order valence-electron chi connectivity index (χ2n) is 6.55. The van der Waals surface area contributed by atoms with Crippen LogP contribution < -0.4 is 0 Å². The highest BCUT2D eigenvalue weighted by Crippen LogP contribution is 2.25. The van der Waals surface area contributed by atoms with E-state index in [9.17, 15) is 9.90 Å². The molecule has 24 heavy (non-hydrogen) atoms. The van der Waals surface area contributed by atoms with Crippen LogP contribution in [0.4, 0.5) is 0 Å². The Labute approximate surface area is 147 Å². The molecule has 0 radical (unpaired) electrons. The molecule has 1 N–H and O–H groups in total. The number of rotatable bonds is 5. The molecule has 1 amide bonds. The quantitative estimate of drug-likeness (QED) is 0.907. The van der Waals surface area contributed by atoms with Gasteiger partial charge in [0.05, 0.1) is 12.0 Å². The van der Waals surface area contributed by atoms with Gasteiger partial charge in [-0.1, -0.05) is 36.4 Å². The summed E-state index contributed by atoms with van der Waals surface area (Å²) in [5.74, 6) is 0.0274. The Morgan fingerprint density at radius 1 is 1.12 bits per heavy atom. The fraction of sp³-hybridized carbons (Fsp3) is 0.421. The van der Waals surface area contributed by atoms with Gasteiger partial charge >= 0.3 is 0 Å². The number of carbonyl (C=O) groups is 1. The average molecular weight is 344 g/mol. The van der Waals surface area contributed by atoms with Crippen molar-refractivity contribution >= 4 is 17.2 Å². The summed E-state index contributed by atoms with van der Waals surface area (Å²) in [6.45, 7) is 5.91. The molecule has 3 rings (SSSR count). The van der Waals surface area contributed by atoms with Gasteiger partial charge in [-0.15, -0.1) is 11.3 Å². The van der Waals surface area contributed by atoms with Crippen LogP contribution in [0.3, 0.4) is 0 Å². The zero-order valence-corrected chi connectivity index (χ0v) is 14.8. The van der Waals surface area contributed by atoms with Crippen molar-refractivity contribution in [2.75, 3.05) is 26.2 Å². The molecule has 0 spiro atoms. The van der Waals surface area contributed by atoms with Crippen molar-refractivity contribution in [3.63, 3.8) is 0 Å². The molecular formula is C19H24N2O2S. The van der Waals surface area contributed by atoms with Crippen molar-refractivity contribution in [2.45, 2.75) is 25.5 Å². The lowest BCUT2D eigenvalue weighted by atomic mass is 9.92. The molecule has 1 aromatic heterocycles. The van der Waals surface area contributed by atoms with Gasteiger partial charge in [0.15, 0.2) is 0 Å². The lowest BCUT2D eigenvalue weighted by Crippen LogP contribution is -2.49. The van der Waals surface area contributed by atoms with Crippen LogP contribution in [0.5, 0.6) is 0 Å². The van der Waals surface area contributed by atoms with E-state index in [2.05, 4.69) is 22.4 Å². The molecule has 1 unspecified atom stereocenters. The van der Waals surface area contributed by atoms with Crippen molar-refractivity contribution in [3.8, 4) is 0 Å². The molecule has 1 aromatic carbocycles. The summed E-state index contributed by atoms with van der Waals surface area (Å²) < 4.78 is 0. The Kier molecular flexibility index (Phi) is 5.33. The summed E-state index contributed by atoms with van der Waals surface area (Å²) in [4.78, 5) is 18.2. The summed E-state index contributed by atoms with van der Waals surface area (Å²) in [6.07, 6.45) is 0.127. The van der Waals surface area contributed by atoms with E-state index in [4.69, 9.17) is 0 Å².